The summed E-state index contributed by atoms with van der Waals surface area (Å²) in [6.45, 7) is 24.1. The van der Waals surface area contributed by atoms with Gasteiger partial charge in [-0.3, -0.25) is 0 Å². The molecule has 2 heteroatoms. The minimum atomic E-state index is -1.85. The van der Waals surface area contributed by atoms with Gasteiger partial charge in [0.05, 0.1) is 19.0 Å². The highest BCUT2D eigenvalue weighted by Crippen LogP contribution is 2.50. The molecule has 0 aliphatic carbocycles. The Hall–Kier alpha value is -2.71. The highest BCUT2D eigenvalue weighted by atomic mass is 28.3. The van der Waals surface area contributed by atoms with Crippen LogP contribution < -0.4 is 9.75 Å². The first-order valence-electron chi connectivity index (χ1n) is 13.8. The van der Waals surface area contributed by atoms with Crippen LogP contribution in [0.15, 0.2) is 72.9 Å². The molecule has 0 N–H and O–H groups in total. The molecule has 0 atom stereocenters. The number of pyridine rings is 1. The SMILES string of the molecule is Cc1c(-c2c3ccc([Si](C)(C(C)(C)C)C(C)(C)C)cc3cc[n+]2C)cc(-c2ccccc2)cc1C(C)C. The van der Waals surface area contributed by atoms with Crippen molar-refractivity contribution in [2.24, 2.45) is 7.05 Å². The van der Waals surface area contributed by atoms with E-state index in [2.05, 4.69) is 153 Å². The van der Waals surface area contributed by atoms with Crippen LogP contribution in [0.3, 0.4) is 0 Å². The van der Waals surface area contributed by atoms with Gasteiger partial charge in [0.2, 0.25) is 5.69 Å². The summed E-state index contributed by atoms with van der Waals surface area (Å²) < 4.78 is 2.31. The molecule has 0 saturated heterocycles. The third-order valence-corrected chi connectivity index (χ3v) is 16.6. The molecule has 0 bridgehead atoms. The Balaban J connectivity index is 2.02. The van der Waals surface area contributed by atoms with Crippen molar-refractivity contribution in [3.8, 4) is 22.4 Å². The normalized spacial score (nSPS) is 13.0. The van der Waals surface area contributed by atoms with E-state index >= 15 is 0 Å². The van der Waals surface area contributed by atoms with E-state index in [1.165, 1.54) is 44.3 Å². The minimum Gasteiger partial charge on any atom is -0.200 e. The van der Waals surface area contributed by atoms with E-state index in [-0.39, 0.29) is 10.1 Å². The number of aryl methyl sites for hydroxylation is 1. The summed E-state index contributed by atoms with van der Waals surface area (Å²) in [5.74, 6) is 0.458. The Labute approximate surface area is 226 Å². The van der Waals surface area contributed by atoms with Gasteiger partial charge in [-0.15, -0.1) is 0 Å². The summed E-state index contributed by atoms with van der Waals surface area (Å²) in [6.07, 6.45) is 2.25. The number of rotatable bonds is 4. The quantitative estimate of drug-likeness (QED) is 0.191. The molecule has 37 heavy (non-hydrogen) atoms. The summed E-state index contributed by atoms with van der Waals surface area (Å²) in [5, 5.41) is 4.74. The van der Waals surface area contributed by atoms with Crippen LogP contribution in [0.1, 0.15) is 72.4 Å². The van der Waals surface area contributed by atoms with Crippen LogP contribution in [0.2, 0.25) is 16.6 Å². The third kappa shape index (κ3) is 4.70. The fourth-order valence-electron chi connectivity index (χ4n) is 6.39. The van der Waals surface area contributed by atoms with Crippen molar-refractivity contribution in [3.05, 3.63) is 84.1 Å². The van der Waals surface area contributed by atoms with Gasteiger partial charge in [0.25, 0.3) is 0 Å². The van der Waals surface area contributed by atoms with Crippen LogP contribution in [0.4, 0.5) is 0 Å². The van der Waals surface area contributed by atoms with Crippen molar-refractivity contribution < 1.29 is 4.57 Å². The van der Waals surface area contributed by atoms with Gasteiger partial charge in [-0.25, -0.2) is 4.57 Å². The Morgan fingerprint density at radius 1 is 0.757 bits per heavy atom. The number of nitrogens with zero attached hydrogens (tertiary/aromatic N) is 1. The Morgan fingerprint density at radius 2 is 1.38 bits per heavy atom. The highest BCUT2D eigenvalue weighted by Gasteiger charge is 2.50. The smallest absolute Gasteiger partial charge is 0.200 e. The lowest BCUT2D eigenvalue weighted by Crippen LogP contribution is -2.58. The summed E-state index contributed by atoms with van der Waals surface area (Å²) in [5.41, 5.74) is 8.00. The molecule has 1 aromatic heterocycles. The van der Waals surface area contributed by atoms with Crippen LogP contribution >= 0.6 is 0 Å². The zero-order valence-corrected chi connectivity index (χ0v) is 26.0. The first-order chi connectivity index (χ1) is 17.2. The molecule has 0 aliphatic rings. The van der Waals surface area contributed by atoms with Gasteiger partial charge in [-0.1, -0.05) is 116 Å². The Morgan fingerprint density at radius 3 is 1.95 bits per heavy atom. The third-order valence-electron chi connectivity index (χ3n) is 9.15. The van der Waals surface area contributed by atoms with Gasteiger partial charge < -0.3 is 0 Å². The van der Waals surface area contributed by atoms with E-state index in [9.17, 15) is 0 Å². The minimum absolute atomic E-state index is 0.258. The molecule has 4 rings (SSSR count). The van der Waals surface area contributed by atoms with Crippen molar-refractivity contribution in [1.82, 2.24) is 0 Å². The molecule has 1 nitrogen and oxygen atoms in total. The van der Waals surface area contributed by atoms with Crippen molar-refractivity contribution in [2.45, 2.75) is 84.9 Å². The van der Waals surface area contributed by atoms with E-state index in [0.717, 1.165) is 0 Å². The lowest BCUT2D eigenvalue weighted by atomic mass is 9.87. The Kier molecular flexibility index (Phi) is 7.05. The average Bonchev–Trinajstić information content (AvgIpc) is 2.82. The monoisotopic (exact) mass is 508 g/mol. The van der Waals surface area contributed by atoms with Gasteiger partial charge >= 0.3 is 0 Å². The largest absolute Gasteiger partial charge is 0.220 e. The standard InChI is InChI=1S/C35H46NSi/c1-24(2)31-22-28(26-15-13-12-14-16-26)23-32(25(31)3)33-30-18-17-29(21-27(30)19-20-36(33)10)37(11,34(4,5)6)35(7,8)9/h12-24H,1-11H3/q+1. The predicted octanol–water partition coefficient (Wildman–Crippen LogP) is 9.32. The lowest BCUT2D eigenvalue weighted by Gasteiger charge is -2.50. The summed E-state index contributed by atoms with van der Waals surface area (Å²) >= 11 is 0. The maximum absolute atomic E-state index is 2.58. The van der Waals surface area contributed by atoms with Crippen molar-refractivity contribution in [1.29, 1.82) is 0 Å². The second kappa shape index (κ2) is 9.55. The summed E-state index contributed by atoms with van der Waals surface area (Å²) in [7, 11) is 0.339. The molecular formula is C35H46NSi+. The molecule has 3 aromatic carbocycles. The van der Waals surface area contributed by atoms with E-state index in [1.807, 2.05) is 0 Å². The molecule has 0 spiro atoms. The van der Waals surface area contributed by atoms with Crippen molar-refractivity contribution in [2.75, 3.05) is 0 Å². The summed E-state index contributed by atoms with van der Waals surface area (Å²) in [6, 6.07) is 25.3. The number of benzene rings is 3. The van der Waals surface area contributed by atoms with Crippen LogP contribution in [-0.4, -0.2) is 8.07 Å². The van der Waals surface area contributed by atoms with E-state index in [0.29, 0.717) is 5.92 Å². The predicted molar refractivity (Wildman–Crippen MR) is 166 cm³/mol. The van der Waals surface area contributed by atoms with Gasteiger partial charge in [-0.05, 0) is 62.7 Å². The second-order valence-electron chi connectivity index (χ2n) is 13.5. The maximum atomic E-state index is 2.58. The van der Waals surface area contributed by atoms with Gasteiger partial charge in [0, 0.05) is 6.07 Å². The van der Waals surface area contributed by atoms with Gasteiger partial charge in [-0.2, -0.15) is 0 Å². The van der Waals surface area contributed by atoms with Crippen LogP contribution in [0.5, 0.6) is 0 Å². The van der Waals surface area contributed by atoms with E-state index < -0.39 is 8.07 Å². The topological polar surface area (TPSA) is 3.88 Å². The lowest BCUT2D eigenvalue weighted by molar-refractivity contribution is -0.659. The molecule has 0 radical (unpaired) electrons. The van der Waals surface area contributed by atoms with E-state index in [4.69, 9.17) is 0 Å². The fraction of sp³-hybridized carbons (Fsp3) is 0.400. The number of aromatic nitrogens is 1. The average molecular weight is 509 g/mol. The molecule has 0 fully saturated rings. The van der Waals surface area contributed by atoms with Gasteiger partial charge in [0.15, 0.2) is 6.20 Å². The van der Waals surface area contributed by atoms with Gasteiger partial charge in [0.1, 0.15) is 7.05 Å². The zero-order valence-electron chi connectivity index (χ0n) is 25.0. The fourth-order valence-corrected chi connectivity index (χ4v) is 11.2. The number of fused-ring (bicyclic) bond motifs is 1. The maximum Gasteiger partial charge on any atom is 0.220 e. The van der Waals surface area contributed by atoms with Crippen LogP contribution in [0.25, 0.3) is 33.2 Å². The van der Waals surface area contributed by atoms with Crippen LogP contribution in [-0.2, 0) is 7.05 Å². The molecular weight excluding hydrogens is 462 g/mol. The second-order valence-corrected chi connectivity index (χ2v) is 19.3. The number of hydrogen-bond donors (Lipinski definition) is 0. The summed E-state index contributed by atoms with van der Waals surface area (Å²) in [4.78, 5) is 0. The van der Waals surface area contributed by atoms with Crippen molar-refractivity contribution in [3.63, 3.8) is 0 Å². The molecule has 4 aromatic rings. The van der Waals surface area contributed by atoms with Crippen LogP contribution in [0, 0.1) is 6.92 Å². The molecule has 0 aliphatic heterocycles. The molecule has 194 valence electrons. The number of hydrogen-bond acceptors (Lipinski definition) is 0. The van der Waals surface area contributed by atoms with E-state index in [1.54, 1.807) is 5.19 Å². The zero-order chi connectivity index (χ0) is 27.3. The molecule has 0 saturated carbocycles. The molecule has 0 unspecified atom stereocenters. The Bertz CT molecular complexity index is 1420. The first kappa shape index (κ1) is 27.3. The molecule has 1 heterocycles. The highest BCUT2D eigenvalue weighted by molar-refractivity contribution is 6.95. The first-order valence-corrected chi connectivity index (χ1v) is 16.3. The van der Waals surface area contributed by atoms with Crippen molar-refractivity contribution >= 4 is 24.0 Å². The molecule has 0 amide bonds.